The maximum Gasteiger partial charge on any atom is 0.184 e. The molecule has 32 heavy (non-hydrogen) atoms. The largest absolute Gasteiger partial charge is 0.486 e. The van der Waals surface area contributed by atoms with Crippen LogP contribution in [0.15, 0.2) is 34.2 Å². The fourth-order valence-electron chi connectivity index (χ4n) is 5.31. The van der Waals surface area contributed by atoms with E-state index >= 15 is 0 Å². The van der Waals surface area contributed by atoms with E-state index in [1.165, 1.54) is 17.2 Å². The summed E-state index contributed by atoms with van der Waals surface area (Å²) in [6.45, 7) is 11.5. The Morgan fingerprint density at radius 3 is 2.84 bits per heavy atom. The van der Waals surface area contributed by atoms with E-state index in [0.717, 1.165) is 56.5 Å². The summed E-state index contributed by atoms with van der Waals surface area (Å²) in [6, 6.07) is 7.05. The zero-order valence-electron chi connectivity index (χ0n) is 18.9. The number of piperazine rings is 1. The van der Waals surface area contributed by atoms with Gasteiger partial charge in [-0.1, -0.05) is 6.07 Å². The third-order valence-corrected chi connectivity index (χ3v) is 8.29. The zero-order chi connectivity index (χ0) is 21.7. The van der Waals surface area contributed by atoms with Gasteiger partial charge in [0.05, 0.1) is 24.4 Å². The van der Waals surface area contributed by atoms with Crippen molar-refractivity contribution in [1.29, 1.82) is 0 Å². The molecule has 2 saturated heterocycles. The maximum atomic E-state index is 5.97. The summed E-state index contributed by atoms with van der Waals surface area (Å²) in [4.78, 5) is 14.1. The van der Waals surface area contributed by atoms with Gasteiger partial charge in [-0.3, -0.25) is 9.89 Å². The van der Waals surface area contributed by atoms with Crippen molar-refractivity contribution in [2.45, 2.75) is 43.8 Å². The number of hydrogen-bond donors (Lipinski definition) is 0. The molecule has 0 aromatic heterocycles. The number of benzene rings is 1. The van der Waals surface area contributed by atoms with Crippen molar-refractivity contribution in [2.75, 3.05) is 57.4 Å². The molecule has 0 amide bonds. The van der Waals surface area contributed by atoms with E-state index in [0.29, 0.717) is 36.8 Å². The summed E-state index contributed by atoms with van der Waals surface area (Å²) < 4.78 is 17.5. The SMILES string of the molecule is CC1=CC2C(N=C(CN3CCN(c4cccc5c4OCCO5)CC3C)N2CC2CCO2)S1. The van der Waals surface area contributed by atoms with Gasteiger partial charge < -0.3 is 24.0 Å². The molecule has 0 N–H and O–H groups in total. The van der Waals surface area contributed by atoms with E-state index < -0.39 is 0 Å². The van der Waals surface area contributed by atoms with Gasteiger partial charge in [0.15, 0.2) is 11.5 Å². The first-order valence-electron chi connectivity index (χ1n) is 11.8. The van der Waals surface area contributed by atoms with Crippen LogP contribution in [-0.2, 0) is 4.74 Å². The number of anilines is 1. The number of amidine groups is 1. The highest BCUT2D eigenvalue weighted by molar-refractivity contribution is 8.04. The molecule has 0 bridgehead atoms. The molecular weight excluding hydrogens is 424 g/mol. The molecule has 4 unspecified atom stereocenters. The van der Waals surface area contributed by atoms with Crippen molar-refractivity contribution in [1.82, 2.24) is 9.80 Å². The lowest BCUT2D eigenvalue weighted by Gasteiger charge is -2.43. The quantitative estimate of drug-likeness (QED) is 0.675. The number of rotatable bonds is 5. The summed E-state index contributed by atoms with van der Waals surface area (Å²) in [5.74, 6) is 3.00. The maximum absolute atomic E-state index is 5.97. The van der Waals surface area contributed by atoms with Crippen LogP contribution >= 0.6 is 11.8 Å². The van der Waals surface area contributed by atoms with Crippen LogP contribution in [0.1, 0.15) is 20.3 Å². The Morgan fingerprint density at radius 1 is 1.16 bits per heavy atom. The van der Waals surface area contributed by atoms with Gasteiger partial charge in [-0.2, -0.15) is 0 Å². The van der Waals surface area contributed by atoms with E-state index in [9.17, 15) is 0 Å². The molecule has 5 aliphatic heterocycles. The summed E-state index contributed by atoms with van der Waals surface area (Å²) >= 11 is 1.91. The lowest BCUT2D eigenvalue weighted by molar-refractivity contribution is -0.0603. The first-order valence-corrected chi connectivity index (χ1v) is 12.7. The number of fused-ring (bicyclic) bond motifs is 2. The van der Waals surface area contributed by atoms with E-state index in [4.69, 9.17) is 19.2 Å². The van der Waals surface area contributed by atoms with E-state index in [-0.39, 0.29) is 0 Å². The van der Waals surface area contributed by atoms with Gasteiger partial charge in [0.1, 0.15) is 24.4 Å². The summed E-state index contributed by atoms with van der Waals surface area (Å²) in [5, 5.41) is 0.315. The van der Waals surface area contributed by atoms with Crippen LogP contribution in [0.2, 0.25) is 0 Å². The molecule has 0 spiro atoms. The average molecular weight is 457 g/mol. The lowest BCUT2D eigenvalue weighted by Crippen LogP contribution is -2.55. The molecule has 0 saturated carbocycles. The molecule has 6 rings (SSSR count). The van der Waals surface area contributed by atoms with Gasteiger partial charge in [-0.05, 0) is 43.4 Å². The molecule has 1 aromatic rings. The molecule has 0 radical (unpaired) electrons. The van der Waals surface area contributed by atoms with E-state index in [1.54, 1.807) is 0 Å². The van der Waals surface area contributed by atoms with Gasteiger partial charge >= 0.3 is 0 Å². The van der Waals surface area contributed by atoms with Crippen molar-refractivity contribution >= 4 is 23.3 Å². The molecule has 5 aliphatic rings. The number of nitrogens with zero attached hydrogens (tertiary/aromatic N) is 4. The monoisotopic (exact) mass is 456 g/mol. The third-order valence-electron chi connectivity index (χ3n) is 7.16. The molecule has 2 fully saturated rings. The van der Waals surface area contributed by atoms with Crippen LogP contribution < -0.4 is 14.4 Å². The van der Waals surface area contributed by atoms with Crippen molar-refractivity contribution in [3.8, 4) is 11.5 Å². The molecular formula is C24H32N4O3S. The third kappa shape index (κ3) is 3.76. The second kappa shape index (κ2) is 8.47. The Hall–Kier alpha value is -1.90. The minimum absolute atomic E-state index is 0.315. The van der Waals surface area contributed by atoms with Gasteiger partial charge in [-0.15, -0.1) is 11.8 Å². The zero-order valence-corrected chi connectivity index (χ0v) is 19.7. The van der Waals surface area contributed by atoms with Crippen molar-refractivity contribution in [3.05, 3.63) is 29.2 Å². The fourth-order valence-corrected chi connectivity index (χ4v) is 6.44. The van der Waals surface area contributed by atoms with Crippen LogP contribution in [0.5, 0.6) is 11.5 Å². The smallest absolute Gasteiger partial charge is 0.184 e. The van der Waals surface area contributed by atoms with Crippen molar-refractivity contribution < 1.29 is 14.2 Å². The lowest BCUT2D eigenvalue weighted by atomic mass is 10.1. The highest BCUT2D eigenvalue weighted by atomic mass is 32.2. The number of hydrogen-bond acceptors (Lipinski definition) is 8. The summed E-state index contributed by atoms with van der Waals surface area (Å²) in [5.41, 5.74) is 1.15. The average Bonchev–Trinajstić information content (AvgIpc) is 3.27. The molecule has 4 atom stereocenters. The first kappa shape index (κ1) is 20.7. The Labute approximate surface area is 194 Å². The Bertz CT molecular complexity index is 934. The van der Waals surface area contributed by atoms with Gasteiger partial charge in [-0.25, -0.2) is 0 Å². The number of allylic oxidation sites excluding steroid dienone is 1. The van der Waals surface area contributed by atoms with Crippen molar-refractivity contribution in [2.24, 2.45) is 4.99 Å². The van der Waals surface area contributed by atoms with Crippen LogP contribution in [-0.4, -0.2) is 91.7 Å². The van der Waals surface area contributed by atoms with E-state index in [1.807, 2.05) is 17.8 Å². The molecule has 7 nitrogen and oxygen atoms in total. The van der Waals surface area contributed by atoms with Crippen molar-refractivity contribution in [3.63, 3.8) is 0 Å². The number of aliphatic imine (C=N–C) groups is 1. The topological polar surface area (TPSA) is 49.8 Å². The predicted octanol–water partition coefficient (Wildman–Crippen LogP) is 2.82. The summed E-state index contributed by atoms with van der Waals surface area (Å²) in [6.07, 6.45) is 3.92. The molecule has 0 aliphatic carbocycles. The van der Waals surface area contributed by atoms with Gasteiger partial charge in [0, 0.05) is 38.8 Å². The Kier molecular flexibility index (Phi) is 5.47. The minimum Gasteiger partial charge on any atom is -0.486 e. The summed E-state index contributed by atoms with van der Waals surface area (Å²) in [7, 11) is 0. The first-order chi connectivity index (χ1) is 15.7. The predicted molar refractivity (Wildman–Crippen MR) is 128 cm³/mol. The molecule has 5 heterocycles. The van der Waals surface area contributed by atoms with Crippen LogP contribution in [0.4, 0.5) is 5.69 Å². The Morgan fingerprint density at radius 2 is 2.03 bits per heavy atom. The Balaban J connectivity index is 1.14. The molecule has 172 valence electrons. The number of thioether (sulfide) groups is 1. The van der Waals surface area contributed by atoms with Crippen LogP contribution in [0, 0.1) is 0 Å². The second-order valence-corrected chi connectivity index (χ2v) is 10.7. The van der Waals surface area contributed by atoms with Crippen LogP contribution in [0.25, 0.3) is 0 Å². The molecule has 8 heteroatoms. The number of para-hydroxylation sites is 1. The standard InChI is InChI=1S/C24H32N4O3S/c1-16-13-27(19-4-3-5-21-23(19)31-11-10-30-21)8-7-26(16)15-22-25-24-20(12-17(2)32-24)28(22)14-18-6-9-29-18/h3-5,12,16,18,20,24H,6-11,13-15H2,1-2H3. The highest BCUT2D eigenvalue weighted by Crippen LogP contribution is 2.41. The van der Waals surface area contributed by atoms with Gasteiger partial charge in [0.25, 0.3) is 0 Å². The van der Waals surface area contributed by atoms with Gasteiger partial charge in [0.2, 0.25) is 0 Å². The number of ether oxygens (including phenoxy) is 3. The minimum atomic E-state index is 0.315. The van der Waals surface area contributed by atoms with E-state index in [2.05, 4.69) is 46.8 Å². The highest BCUT2D eigenvalue weighted by Gasteiger charge is 2.41. The second-order valence-electron chi connectivity index (χ2n) is 9.32. The van der Waals surface area contributed by atoms with Crippen LogP contribution in [0.3, 0.4) is 0 Å². The fraction of sp³-hybridized carbons (Fsp3) is 0.625. The normalized spacial score (nSPS) is 31.8. The molecule has 1 aromatic carbocycles.